The quantitative estimate of drug-likeness (QED) is 0.642. The Morgan fingerprint density at radius 2 is 2.06 bits per heavy atom. The van der Waals surface area contributed by atoms with Crippen LogP contribution in [-0.2, 0) is 4.79 Å². The maximum Gasteiger partial charge on any atom is 0.315 e. The molecule has 1 saturated carbocycles. The summed E-state index contributed by atoms with van der Waals surface area (Å²) in [6, 6.07) is -0.0396. The molecule has 2 rings (SSSR count). The number of carbonyl (C=O) groups excluding carboxylic acids is 1. The number of aliphatic carboxylic acids is 1. The number of nitrogens with one attached hydrogen (secondary N) is 2. The van der Waals surface area contributed by atoms with E-state index in [9.17, 15) is 9.59 Å². The first-order valence-corrected chi connectivity index (χ1v) is 6.08. The SMILES string of the molecule is CCC1CC1NC(=O)NC1C=CC(C(=O)O)C1. The third kappa shape index (κ3) is 2.99. The van der Waals surface area contributed by atoms with E-state index in [1.54, 1.807) is 12.2 Å². The van der Waals surface area contributed by atoms with Gasteiger partial charge < -0.3 is 15.7 Å². The van der Waals surface area contributed by atoms with E-state index in [2.05, 4.69) is 17.6 Å². The minimum Gasteiger partial charge on any atom is -0.481 e. The van der Waals surface area contributed by atoms with Crippen molar-refractivity contribution in [3.05, 3.63) is 12.2 Å². The van der Waals surface area contributed by atoms with E-state index in [-0.39, 0.29) is 12.1 Å². The van der Waals surface area contributed by atoms with Crippen LogP contribution in [0.25, 0.3) is 0 Å². The first-order valence-electron chi connectivity index (χ1n) is 6.08. The van der Waals surface area contributed by atoms with Crippen LogP contribution in [0.1, 0.15) is 26.2 Å². The van der Waals surface area contributed by atoms with Crippen molar-refractivity contribution in [1.29, 1.82) is 0 Å². The number of carboxylic acid groups (broad SMARTS) is 1. The number of amides is 2. The predicted octanol–water partition coefficient (Wildman–Crippen LogP) is 1.11. The summed E-state index contributed by atoms with van der Waals surface area (Å²) in [5.41, 5.74) is 0. The fourth-order valence-corrected chi connectivity index (χ4v) is 2.24. The maximum absolute atomic E-state index is 11.6. The molecule has 2 amide bonds. The Morgan fingerprint density at radius 3 is 2.59 bits per heavy atom. The van der Waals surface area contributed by atoms with E-state index in [0.29, 0.717) is 18.4 Å². The van der Waals surface area contributed by atoms with Crippen molar-refractivity contribution < 1.29 is 14.7 Å². The Bertz CT molecular complexity index is 354. The molecular formula is C12H18N2O3. The van der Waals surface area contributed by atoms with Gasteiger partial charge in [0.05, 0.1) is 12.0 Å². The van der Waals surface area contributed by atoms with Crippen LogP contribution >= 0.6 is 0 Å². The van der Waals surface area contributed by atoms with E-state index in [0.717, 1.165) is 12.8 Å². The zero-order chi connectivity index (χ0) is 12.4. The highest BCUT2D eigenvalue weighted by Crippen LogP contribution is 2.32. The first kappa shape index (κ1) is 12.0. The molecule has 0 aromatic heterocycles. The smallest absolute Gasteiger partial charge is 0.315 e. The summed E-state index contributed by atoms with van der Waals surface area (Å²) >= 11 is 0. The van der Waals surface area contributed by atoms with Crippen LogP contribution in [0.5, 0.6) is 0 Å². The van der Waals surface area contributed by atoms with Crippen LogP contribution in [0.4, 0.5) is 4.79 Å². The standard InChI is InChI=1S/C12H18N2O3/c1-2-7-6-10(7)14-12(17)13-9-4-3-8(5-9)11(15)16/h3-4,7-10H,2,5-6H2,1H3,(H,15,16)(H2,13,14,17). The Hall–Kier alpha value is -1.52. The molecule has 17 heavy (non-hydrogen) atoms. The fourth-order valence-electron chi connectivity index (χ4n) is 2.24. The van der Waals surface area contributed by atoms with Crippen LogP contribution in [0.15, 0.2) is 12.2 Å². The van der Waals surface area contributed by atoms with Crippen LogP contribution in [0, 0.1) is 11.8 Å². The fraction of sp³-hybridized carbons (Fsp3) is 0.667. The molecule has 2 aliphatic carbocycles. The molecule has 94 valence electrons. The van der Waals surface area contributed by atoms with Gasteiger partial charge in [-0.1, -0.05) is 25.5 Å². The largest absolute Gasteiger partial charge is 0.481 e. The van der Waals surface area contributed by atoms with Gasteiger partial charge in [0.2, 0.25) is 0 Å². The van der Waals surface area contributed by atoms with Crippen LogP contribution in [0.3, 0.4) is 0 Å². The zero-order valence-corrected chi connectivity index (χ0v) is 9.85. The van der Waals surface area contributed by atoms with Crippen molar-refractivity contribution in [3.63, 3.8) is 0 Å². The average Bonchev–Trinajstić information content (AvgIpc) is 2.83. The Balaban J connectivity index is 1.70. The van der Waals surface area contributed by atoms with Crippen molar-refractivity contribution >= 4 is 12.0 Å². The minimum absolute atomic E-state index is 0.157. The molecule has 4 atom stereocenters. The molecule has 5 nitrogen and oxygen atoms in total. The molecule has 0 spiro atoms. The highest BCUT2D eigenvalue weighted by molar-refractivity contribution is 5.76. The van der Waals surface area contributed by atoms with Crippen LogP contribution < -0.4 is 10.6 Å². The molecule has 0 aliphatic heterocycles. The molecule has 0 aromatic rings. The Labute approximate surface area is 100 Å². The zero-order valence-electron chi connectivity index (χ0n) is 9.85. The molecule has 5 heteroatoms. The molecule has 2 aliphatic rings. The van der Waals surface area contributed by atoms with Crippen molar-refractivity contribution in [2.45, 2.75) is 38.3 Å². The lowest BCUT2D eigenvalue weighted by atomic mass is 10.1. The van der Waals surface area contributed by atoms with Crippen molar-refractivity contribution in [3.8, 4) is 0 Å². The van der Waals surface area contributed by atoms with Crippen molar-refractivity contribution in [2.24, 2.45) is 11.8 Å². The van der Waals surface area contributed by atoms with E-state index >= 15 is 0 Å². The molecule has 1 fully saturated rings. The molecule has 0 radical (unpaired) electrons. The van der Waals surface area contributed by atoms with Gasteiger partial charge in [0.25, 0.3) is 0 Å². The lowest BCUT2D eigenvalue weighted by Gasteiger charge is -2.13. The van der Waals surface area contributed by atoms with Gasteiger partial charge in [-0.2, -0.15) is 0 Å². The number of carboxylic acids is 1. The van der Waals surface area contributed by atoms with Gasteiger partial charge in [-0.25, -0.2) is 4.79 Å². The Kier molecular flexibility index (Phi) is 3.36. The van der Waals surface area contributed by atoms with Gasteiger partial charge in [-0.05, 0) is 18.8 Å². The summed E-state index contributed by atoms with van der Waals surface area (Å²) in [5.74, 6) is -0.685. The van der Waals surface area contributed by atoms with Gasteiger partial charge in [0, 0.05) is 6.04 Å². The number of urea groups is 1. The van der Waals surface area contributed by atoms with E-state index in [1.165, 1.54) is 0 Å². The number of carbonyl (C=O) groups is 2. The normalized spacial score (nSPS) is 34.4. The summed E-state index contributed by atoms with van der Waals surface area (Å²) in [5, 5.41) is 14.5. The molecular weight excluding hydrogens is 220 g/mol. The predicted molar refractivity (Wildman–Crippen MR) is 62.5 cm³/mol. The van der Waals surface area contributed by atoms with Gasteiger partial charge >= 0.3 is 12.0 Å². The lowest BCUT2D eigenvalue weighted by molar-refractivity contribution is -0.140. The average molecular weight is 238 g/mol. The maximum atomic E-state index is 11.6. The van der Waals surface area contributed by atoms with Gasteiger partial charge in [-0.3, -0.25) is 4.79 Å². The lowest BCUT2D eigenvalue weighted by Crippen LogP contribution is -2.42. The minimum atomic E-state index is -0.834. The second-order valence-electron chi connectivity index (χ2n) is 4.80. The van der Waals surface area contributed by atoms with Gasteiger partial charge in [-0.15, -0.1) is 0 Å². The molecule has 0 heterocycles. The second kappa shape index (κ2) is 4.77. The Morgan fingerprint density at radius 1 is 1.29 bits per heavy atom. The van der Waals surface area contributed by atoms with E-state index < -0.39 is 11.9 Å². The molecule has 4 unspecified atom stereocenters. The van der Waals surface area contributed by atoms with Crippen molar-refractivity contribution in [1.82, 2.24) is 10.6 Å². The topological polar surface area (TPSA) is 78.4 Å². The van der Waals surface area contributed by atoms with Crippen LogP contribution in [0.2, 0.25) is 0 Å². The molecule has 3 N–H and O–H groups in total. The van der Waals surface area contributed by atoms with Crippen LogP contribution in [-0.4, -0.2) is 29.2 Å². The summed E-state index contributed by atoms with van der Waals surface area (Å²) in [7, 11) is 0. The third-order valence-corrected chi connectivity index (χ3v) is 3.48. The highest BCUT2D eigenvalue weighted by Gasteiger charge is 2.36. The number of hydrogen-bond donors (Lipinski definition) is 3. The summed E-state index contributed by atoms with van der Waals surface area (Å²) in [6.45, 7) is 2.11. The number of rotatable bonds is 4. The summed E-state index contributed by atoms with van der Waals surface area (Å²) in [4.78, 5) is 22.3. The van der Waals surface area contributed by atoms with Gasteiger partial charge in [0.1, 0.15) is 0 Å². The highest BCUT2D eigenvalue weighted by atomic mass is 16.4. The number of hydrogen-bond acceptors (Lipinski definition) is 2. The van der Waals surface area contributed by atoms with Gasteiger partial charge in [0.15, 0.2) is 0 Å². The van der Waals surface area contributed by atoms with E-state index in [4.69, 9.17) is 5.11 Å². The molecule has 0 aromatic carbocycles. The second-order valence-corrected chi connectivity index (χ2v) is 4.80. The van der Waals surface area contributed by atoms with Crippen molar-refractivity contribution in [2.75, 3.05) is 0 Å². The van der Waals surface area contributed by atoms with E-state index in [1.807, 2.05) is 0 Å². The first-order chi connectivity index (χ1) is 8.10. The summed E-state index contributed by atoms with van der Waals surface area (Å²) in [6.07, 6.45) is 5.99. The molecule has 0 bridgehead atoms. The third-order valence-electron chi connectivity index (χ3n) is 3.48. The summed E-state index contributed by atoms with van der Waals surface area (Å²) < 4.78 is 0. The molecule has 0 saturated heterocycles. The monoisotopic (exact) mass is 238 g/mol.